The minimum Gasteiger partial charge on any atom is -0.497 e. The molecule has 1 N–H and O–H groups in total. The summed E-state index contributed by atoms with van der Waals surface area (Å²) in [5, 5.41) is 9.78. The van der Waals surface area contributed by atoms with Crippen LogP contribution in [0, 0.1) is 12.7 Å². The number of aryl methyl sites for hydroxylation is 1. The summed E-state index contributed by atoms with van der Waals surface area (Å²) in [6, 6.07) is 10.2. The summed E-state index contributed by atoms with van der Waals surface area (Å²) in [6.07, 6.45) is -0.638. The van der Waals surface area contributed by atoms with E-state index in [9.17, 15) is 9.50 Å². The van der Waals surface area contributed by atoms with E-state index in [2.05, 4.69) is 0 Å². The van der Waals surface area contributed by atoms with Crippen LogP contribution in [0.3, 0.4) is 0 Å². The molecular weight excluding hydrogens is 271 g/mol. The van der Waals surface area contributed by atoms with Crippen LogP contribution in [0.5, 0.6) is 11.5 Å². The second-order valence-electron chi connectivity index (χ2n) is 4.96. The summed E-state index contributed by atoms with van der Waals surface area (Å²) >= 11 is 0. The predicted octanol–water partition coefficient (Wildman–Crippen LogP) is 3.78. The maximum atomic E-state index is 13.9. The largest absolute Gasteiger partial charge is 0.497 e. The highest BCUT2D eigenvalue weighted by molar-refractivity contribution is 5.38. The molecule has 0 radical (unpaired) electrons. The molecule has 112 valence electrons. The summed E-state index contributed by atoms with van der Waals surface area (Å²) in [5.41, 5.74) is 2.17. The molecule has 1 unspecified atom stereocenters. The van der Waals surface area contributed by atoms with Crippen LogP contribution in [-0.4, -0.2) is 12.2 Å². The molecule has 21 heavy (non-hydrogen) atoms. The van der Waals surface area contributed by atoms with E-state index in [1.165, 1.54) is 13.2 Å². The fourth-order valence-electron chi connectivity index (χ4n) is 2.05. The molecule has 0 saturated carbocycles. The zero-order chi connectivity index (χ0) is 15.4. The van der Waals surface area contributed by atoms with Crippen LogP contribution in [0.1, 0.15) is 29.7 Å². The van der Waals surface area contributed by atoms with Gasteiger partial charge in [0, 0.05) is 17.2 Å². The van der Waals surface area contributed by atoms with E-state index in [0.29, 0.717) is 22.6 Å². The highest BCUT2D eigenvalue weighted by Crippen LogP contribution is 2.27. The predicted molar refractivity (Wildman–Crippen MR) is 79.1 cm³/mol. The molecule has 2 rings (SSSR count). The van der Waals surface area contributed by atoms with Crippen molar-refractivity contribution in [1.82, 2.24) is 0 Å². The Balaban J connectivity index is 2.16. The van der Waals surface area contributed by atoms with Gasteiger partial charge in [-0.2, -0.15) is 0 Å². The minimum absolute atomic E-state index is 0.0958. The second-order valence-corrected chi connectivity index (χ2v) is 4.96. The lowest BCUT2D eigenvalue weighted by Gasteiger charge is -2.15. The fraction of sp³-hybridized carbons (Fsp3) is 0.294. The van der Waals surface area contributed by atoms with Gasteiger partial charge in [-0.1, -0.05) is 11.6 Å². The molecule has 4 heteroatoms. The first kappa shape index (κ1) is 15.3. The molecule has 0 aliphatic carbocycles. The van der Waals surface area contributed by atoms with Crippen molar-refractivity contribution in [2.45, 2.75) is 26.6 Å². The Morgan fingerprint density at radius 3 is 2.57 bits per heavy atom. The van der Waals surface area contributed by atoms with E-state index in [4.69, 9.17) is 9.47 Å². The molecule has 0 aromatic heterocycles. The van der Waals surface area contributed by atoms with E-state index in [-0.39, 0.29) is 12.4 Å². The quantitative estimate of drug-likeness (QED) is 0.911. The van der Waals surface area contributed by atoms with Crippen LogP contribution in [0.4, 0.5) is 4.39 Å². The first-order chi connectivity index (χ1) is 10.0. The highest BCUT2D eigenvalue weighted by Gasteiger charge is 2.11. The van der Waals surface area contributed by atoms with Crippen LogP contribution in [0.15, 0.2) is 36.4 Å². The molecule has 1 atom stereocenters. The zero-order valence-corrected chi connectivity index (χ0v) is 12.4. The van der Waals surface area contributed by atoms with Crippen molar-refractivity contribution in [3.05, 3.63) is 58.9 Å². The average molecular weight is 290 g/mol. The highest BCUT2D eigenvalue weighted by atomic mass is 19.1. The fourth-order valence-corrected chi connectivity index (χ4v) is 2.05. The molecule has 0 amide bonds. The number of hydrogen-bond donors (Lipinski definition) is 1. The van der Waals surface area contributed by atoms with Gasteiger partial charge < -0.3 is 14.6 Å². The Kier molecular flexibility index (Phi) is 4.81. The average Bonchev–Trinajstić information content (AvgIpc) is 2.46. The summed E-state index contributed by atoms with van der Waals surface area (Å²) < 4.78 is 24.5. The van der Waals surface area contributed by atoms with Gasteiger partial charge in [0.1, 0.15) is 23.9 Å². The third-order valence-corrected chi connectivity index (χ3v) is 3.26. The van der Waals surface area contributed by atoms with Crippen LogP contribution in [0.25, 0.3) is 0 Å². The van der Waals surface area contributed by atoms with E-state index in [0.717, 1.165) is 5.56 Å². The van der Waals surface area contributed by atoms with Crippen LogP contribution >= 0.6 is 0 Å². The third kappa shape index (κ3) is 3.73. The number of halogens is 1. The lowest BCUT2D eigenvalue weighted by atomic mass is 10.1. The first-order valence-electron chi connectivity index (χ1n) is 6.75. The molecule has 3 nitrogen and oxygen atoms in total. The number of ether oxygens (including phenoxy) is 2. The molecule has 0 aliphatic heterocycles. The lowest BCUT2D eigenvalue weighted by molar-refractivity contribution is 0.189. The van der Waals surface area contributed by atoms with E-state index in [1.807, 2.05) is 19.1 Å². The van der Waals surface area contributed by atoms with Crippen molar-refractivity contribution >= 4 is 0 Å². The van der Waals surface area contributed by atoms with Gasteiger partial charge in [-0.05, 0) is 38.1 Å². The zero-order valence-electron chi connectivity index (χ0n) is 12.4. The molecule has 0 bridgehead atoms. The molecule has 0 heterocycles. The second kappa shape index (κ2) is 6.59. The Morgan fingerprint density at radius 1 is 1.19 bits per heavy atom. The van der Waals surface area contributed by atoms with Crippen LogP contribution in [-0.2, 0) is 6.61 Å². The third-order valence-electron chi connectivity index (χ3n) is 3.26. The number of aliphatic hydroxyl groups is 1. The van der Waals surface area contributed by atoms with E-state index >= 15 is 0 Å². The van der Waals surface area contributed by atoms with Crippen LogP contribution < -0.4 is 9.47 Å². The molecule has 0 spiro atoms. The Hall–Kier alpha value is -2.07. The first-order valence-corrected chi connectivity index (χ1v) is 6.75. The van der Waals surface area contributed by atoms with Gasteiger partial charge in [-0.25, -0.2) is 4.39 Å². The summed E-state index contributed by atoms with van der Waals surface area (Å²) in [7, 11) is 1.49. The summed E-state index contributed by atoms with van der Waals surface area (Å²) in [6.45, 7) is 3.72. The topological polar surface area (TPSA) is 38.7 Å². The molecular formula is C17H19FO3. The Labute approximate surface area is 124 Å². The Morgan fingerprint density at radius 2 is 1.95 bits per heavy atom. The van der Waals surface area contributed by atoms with Crippen molar-refractivity contribution in [1.29, 1.82) is 0 Å². The van der Waals surface area contributed by atoms with Gasteiger partial charge in [0.05, 0.1) is 13.2 Å². The maximum Gasteiger partial charge on any atom is 0.133 e. The minimum atomic E-state index is -0.638. The number of methoxy groups -OCH3 is 1. The smallest absolute Gasteiger partial charge is 0.133 e. The summed E-state index contributed by atoms with van der Waals surface area (Å²) in [5.74, 6) is 0.655. The van der Waals surface area contributed by atoms with Gasteiger partial charge in [-0.3, -0.25) is 0 Å². The number of rotatable bonds is 5. The van der Waals surface area contributed by atoms with Gasteiger partial charge in [0.25, 0.3) is 0 Å². The van der Waals surface area contributed by atoms with Gasteiger partial charge in [0.15, 0.2) is 0 Å². The van der Waals surface area contributed by atoms with Crippen molar-refractivity contribution in [2.24, 2.45) is 0 Å². The van der Waals surface area contributed by atoms with E-state index < -0.39 is 6.10 Å². The molecule has 0 fully saturated rings. The number of aliphatic hydroxyl groups excluding tert-OH is 1. The summed E-state index contributed by atoms with van der Waals surface area (Å²) in [4.78, 5) is 0. The Bertz CT molecular complexity index is 623. The van der Waals surface area contributed by atoms with Crippen molar-refractivity contribution in [3.63, 3.8) is 0 Å². The maximum absolute atomic E-state index is 13.9. The molecule has 2 aromatic rings. The molecule has 0 aliphatic rings. The molecule has 2 aromatic carbocycles. The number of benzene rings is 2. The van der Waals surface area contributed by atoms with Crippen molar-refractivity contribution in [3.8, 4) is 11.5 Å². The monoisotopic (exact) mass is 290 g/mol. The van der Waals surface area contributed by atoms with Gasteiger partial charge >= 0.3 is 0 Å². The van der Waals surface area contributed by atoms with Crippen molar-refractivity contribution in [2.75, 3.05) is 7.11 Å². The standard InChI is InChI=1S/C17H19FO3/c1-11-4-7-17(15(8-11)12(2)19)21-10-13-5-6-14(20-3)9-16(13)18/h4-9,12,19H,10H2,1-3H3. The van der Waals surface area contributed by atoms with Gasteiger partial charge in [-0.15, -0.1) is 0 Å². The lowest BCUT2D eigenvalue weighted by Crippen LogP contribution is -2.03. The normalized spacial score (nSPS) is 12.0. The SMILES string of the molecule is COc1ccc(COc2ccc(C)cc2C(C)O)c(F)c1. The number of hydrogen-bond acceptors (Lipinski definition) is 3. The van der Waals surface area contributed by atoms with Crippen molar-refractivity contribution < 1.29 is 19.0 Å². The van der Waals surface area contributed by atoms with Crippen LogP contribution in [0.2, 0.25) is 0 Å². The van der Waals surface area contributed by atoms with E-state index in [1.54, 1.807) is 25.1 Å². The molecule has 0 saturated heterocycles. The van der Waals surface area contributed by atoms with Gasteiger partial charge in [0.2, 0.25) is 0 Å².